The van der Waals surface area contributed by atoms with Crippen LogP contribution >= 0.6 is 0 Å². The number of nitrogens with zero attached hydrogens (tertiary/aromatic N) is 1. The van der Waals surface area contributed by atoms with E-state index in [1.807, 2.05) is 12.1 Å². The zero-order valence-corrected chi connectivity index (χ0v) is 14.2. The molecule has 1 spiro atoms. The summed E-state index contributed by atoms with van der Waals surface area (Å²) in [6.07, 6.45) is 5.48. The van der Waals surface area contributed by atoms with Crippen LogP contribution in [0.25, 0.3) is 0 Å². The van der Waals surface area contributed by atoms with E-state index in [-0.39, 0.29) is 11.5 Å². The summed E-state index contributed by atoms with van der Waals surface area (Å²) in [6, 6.07) is 4.24. The average Bonchev–Trinajstić information content (AvgIpc) is 2.81. The van der Waals surface area contributed by atoms with Crippen LogP contribution in [0.15, 0.2) is 24.3 Å². The van der Waals surface area contributed by atoms with Gasteiger partial charge >= 0.3 is 0 Å². The second kappa shape index (κ2) is 4.99. The summed E-state index contributed by atoms with van der Waals surface area (Å²) >= 11 is 0. The maximum Gasteiger partial charge on any atom is 0.166 e. The van der Waals surface area contributed by atoms with Crippen molar-refractivity contribution < 1.29 is 19.1 Å². The molecule has 0 saturated heterocycles. The molecule has 0 saturated carbocycles. The van der Waals surface area contributed by atoms with Gasteiger partial charge in [0.2, 0.25) is 0 Å². The van der Waals surface area contributed by atoms with Gasteiger partial charge < -0.3 is 19.1 Å². The number of hydrogen-bond acceptors (Lipinski definition) is 3. The van der Waals surface area contributed by atoms with Crippen molar-refractivity contribution in [3.05, 3.63) is 35.4 Å². The van der Waals surface area contributed by atoms with E-state index < -0.39 is 6.10 Å². The normalized spacial score (nSPS) is 37.6. The second-order valence-electron chi connectivity index (χ2n) is 7.51. The van der Waals surface area contributed by atoms with Crippen LogP contribution in [0.3, 0.4) is 0 Å². The zero-order chi connectivity index (χ0) is 16.2. The molecule has 0 radical (unpaired) electrons. The standard InChI is InChI=1S/C19H26NO3/c1-4-20(2)10-9-19-8-7-14(21)11-16(19)23-18-15(22-3)6-5-13(12-20)17(18)19/h5-8,14,16,21H,4,9-12H2,1-3H3/q+1/t14-,16-,19-,20?/m0/s1. The van der Waals surface area contributed by atoms with E-state index in [0.29, 0.717) is 6.42 Å². The van der Waals surface area contributed by atoms with Crippen LogP contribution in [0.4, 0.5) is 0 Å². The van der Waals surface area contributed by atoms with Gasteiger partial charge in [0, 0.05) is 24.0 Å². The smallest absolute Gasteiger partial charge is 0.166 e. The van der Waals surface area contributed by atoms with E-state index in [4.69, 9.17) is 9.47 Å². The number of hydrogen-bond donors (Lipinski definition) is 1. The fourth-order valence-electron chi connectivity index (χ4n) is 4.55. The van der Waals surface area contributed by atoms with Gasteiger partial charge in [-0.15, -0.1) is 0 Å². The molecule has 3 aliphatic rings. The van der Waals surface area contributed by atoms with Gasteiger partial charge in [-0.05, 0) is 19.1 Å². The molecule has 0 fully saturated rings. The molecule has 2 heterocycles. The first-order valence-corrected chi connectivity index (χ1v) is 8.59. The van der Waals surface area contributed by atoms with Gasteiger partial charge in [0.25, 0.3) is 0 Å². The molecule has 1 aromatic rings. The topological polar surface area (TPSA) is 38.7 Å². The van der Waals surface area contributed by atoms with Crippen molar-refractivity contribution in [1.82, 2.24) is 0 Å². The van der Waals surface area contributed by atoms with Crippen molar-refractivity contribution in [2.75, 3.05) is 27.2 Å². The van der Waals surface area contributed by atoms with Crippen LogP contribution in [0.1, 0.15) is 30.9 Å². The van der Waals surface area contributed by atoms with Gasteiger partial charge in [-0.25, -0.2) is 0 Å². The molecule has 1 N–H and O–H groups in total. The van der Waals surface area contributed by atoms with Gasteiger partial charge in [0.15, 0.2) is 11.5 Å². The quantitative estimate of drug-likeness (QED) is 0.672. The largest absolute Gasteiger partial charge is 0.493 e. The summed E-state index contributed by atoms with van der Waals surface area (Å²) in [5.41, 5.74) is 2.57. The Balaban J connectivity index is 1.94. The van der Waals surface area contributed by atoms with E-state index in [2.05, 4.69) is 26.1 Å². The molecule has 2 aliphatic heterocycles. The Bertz CT molecular complexity index is 671. The van der Waals surface area contributed by atoms with E-state index in [0.717, 1.165) is 42.0 Å². The van der Waals surface area contributed by atoms with Crippen molar-refractivity contribution in [2.24, 2.45) is 0 Å². The molecule has 1 aromatic carbocycles. The van der Waals surface area contributed by atoms with Gasteiger partial charge in [-0.2, -0.15) is 0 Å². The first-order chi connectivity index (χ1) is 11.0. The van der Waals surface area contributed by atoms with Gasteiger partial charge in [-0.3, -0.25) is 0 Å². The molecule has 0 amide bonds. The van der Waals surface area contributed by atoms with Crippen LogP contribution in [-0.2, 0) is 12.0 Å². The first-order valence-electron chi connectivity index (χ1n) is 8.59. The fourth-order valence-corrected chi connectivity index (χ4v) is 4.55. The van der Waals surface area contributed by atoms with Crippen molar-refractivity contribution in [1.29, 1.82) is 0 Å². The maximum absolute atomic E-state index is 10.1. The molecule has 1 unspecified atom stereocenters. The predicted molar refractivity (Wildman–Crippen MR) is 88.8 cm³/mol. The molecule has 0 bridgehead atoms. The Morgan fingerprint density at radius 3 is 3.00 bits per heavy atom. The highest BCUT2D eigenvalue weighted by Gasteiger charge is 2.54. The Morgan fingerprint density at radius 1 is 1.43 bits per heavy atom. The van der Waals surface area contributed by atoms with Crippen molar-refractivity contribution in [2.45, 2.75) is 43.9 Å². The summed E-state index contributed by atoms with van der Waals surface area (Å²) in [4.78, 5) is 0. The van der Waals surface area contributed by atoms with Gasteiger partial charge in [0.1, 0.15) is 12.6 Å². The number of aliphatic hydroxyl groups excluding tert-OH is 1. The summed E-state index contributed by atoms with van der Waals surface area (Å²) < 4.78 is 12.9. The molecule has 4 heteroatoms. The maximum atomic E-state index is 10.1. The number of aliphatic hydroxyl groups is 1. The van der Waals surface area contributed by atoms with Crippen LogP contribution < -0.4 is 9.47 Å². The monoisotopic (exact) mass is 316 g/mol. The van der Waals surface area contributed by atoms with E-state index in [9.17, 15) is 5.11 Å². The summed E-state index contributed by atoms with van der Waals surface area (Å²) in [5, 5.41) is 10.1. The minimum atomic E-state index is -0.412. The predicted octanol–water partition coefficient (Wildman–Crippen LogP) is 2.39. The molecule has 0 aromatic heterocycles. The molecule has 4 atom stereocenters. The van der Waals surface area contributed by atoms with Crippen molar-refractivity contribution in [3.8, 4) is 11.5 Å². The first kappa shape index (κ1) is 15.0. The zero-order valence-electron chi connectivity index (χ0n) is 14.2. The Kier molecular flexibility index (Phi) is 3.26. The van der Waals surface area contributed by atoms with Crippen LogP contribution in [0.2, 0.25) is 0 Å². The third kappa shape index (κ3) is 2.05. The highest BCUT2D eigenvalue weighted by Crippen LogP contribution is 2.56. The van der Waals surface area contributed by atoms with E-state index >= 15 is 0 Å². The number of quaternary nitrogens is 1. The second-order valence-corrected chi connectivity index (χ2v) is 7.51. The highest BCUT2D eigenvalue weighted by molar-refractivity contribution is 5.60. The van der Waals surface area contributed by atoms with E-state index in [1.165, 1.54) is 11.1 Å². The molecule has 4 nitrogen and oxygen atoms in total. The Hall–Kier alpha value is -1.52. The molecular weight excluding hydrogens is 290 g/mol. The van der Waals surface area contributed by atoms with Crippen molar-refractivity contribution in [3.63, 3.8) is 0 Å². The lowest BCUT2D eigenvalue weighted by Gasteiger charge is -2.37. The summed E-state index contributed by atoms with van der Waals surface area (Å²) in [6.45, 7) is 5.53. The lowest BCUT2D eigenvalue weighted by atomic mass is 9.69. The minimum Gasteiger partial charge on any atom is -0.493 e. The lowest BCUT2D eigenvalue weighted by molar-refractivity contribution is -0.920. The van der Waals surface area contributed by atoms with Gasteiger partial charge in [-0.1, -0.05) is 12.2 Å². The number of methoxy groups -OCH3 is 1. The third-order valence-electron chi connectivity index (χ3n) is 6.18. The Morgan fingerprint density at radius 2 is 2.26 bits per heavy atom. The average molecular weight is 316 g/mol. The van der Waals surface area contributed by atoms with Crippen LogP contribution in [0, 0.1) is 0 Å². The fraction of sp³-hybridized carbons (Fsp3) is 0.579. The molecular formula is C19H26NO3+. The van der Waals surface area contributed by atoms with Crippen LogP contribution in [0.5, 0.6) is 11.5 Å². The number of benzene rings is 1. The lowest BCUT2D eigenvalue weighted by Crippen LogP contribution is -2.46. The third-order valence-corrected chi connectivity index (χ3v) is 6.18. The van der Waals surface area contributed by atoms with E-state index in [1.54, 1.807) is 7.11 Å². The number of ether oxygens (including phenoxy) is 2. The molecule has 4 rings (SSSR count). The van der Waals surface area contributed by atoms with Crippen molar-refractivity contribution >= 4 is 0 Å². The minimum absolute atomic E-state index is 0.0101. The SMILES string of the molecule is CC[N+]1(C)CC[C@@]23C=C[C@H](O)C[C@@H]2Oc2c(OC)ccc(c23)C1. The summed E-state index contributed by atoms with van der Waals surface area (Å²) in [7, 11) is 4.04. The summed E-state index contributed by atoms with van der Waals surface area (Å²) in [5.74, 6) is 1.71. The number of rotatable bonds is 2. The molecule has 23 heavy (non-hydrogen) atoms. The molecule has 124 valence electrons. The van der Waals surface area contributed by atoms with Crippen LogP contribution in [-0.4, -0.2) is 49.0 Å². The molecule has 1 aliphatic carbocycles. The Labute approximate surface area is 137 Å². The van der Waals surface area contributed by atoms with Gasteiger partial charge in [0.05, 0.1) is 38.8 Å². The highest BCUT2D eigenvalue weighted by atomic mass is 16.5.